The highest BCUT2D eigenvalue weighted by Gasteiger charge is 2.52. The number of esters is 1. The molecule has 0 aromatic carbocycles. The van der Waals surface area contributed by atoms with Crippen LogP contribution in [-0.4, -0.2) is 60.1 Å². The summed E-state index contributed by atoms with van der Waals surface area (Å²) in [7, 11) is 0. The summed E-state index contributed by atoms with van der Waals surface area (Å²) in [5.41, 5.74) is 0. The third kappa shape index (κ3) is 2.98. The average Bonchev–Trinajstić information content (AvgIpc) is 2.80. The number of hydrogen-bond donors (Lipinski definition) is 0. The third-order valence-corrected chi connectivity index (χ3v) is 5.60. The SMILES string of the molecule is CCCN1CC2C3CCN(CC3)C2C1CC(=O)OC(C)C. The lowest BCUT2D eigenvalue weighted by Crippen LogP contribution is -2.57. The lowest BCUT2D eigenvalue weighted by molar-refractivity contribution is -0.149. The highest BCUT2D eigenvalue weighted by Crippen LogP contribution is 2.44. The number of ether oxygens (including phenoxy) is 1. The fraction of sp³-hybridized carbons (Fsp3) is 0.941. The number of carbonyl (C=O) groups is 1. The second-order valence-corrected chi connectivity index (χ2v) is 7.33. The van der Waals surface area contributed by atoms with E-state index in [-0.39, 0.29) is 12.1 Å². The Kier molecular flexibility index (Phi) is 4.55. The maximum Gasteiger partial charge on any atom is 0.307 e. The van der Waals surface area contributed by atoms with Crippen LogP contribution in [0, 0.1) is 11.8 Å². The fourth-order valence-electron chi connectivity index (χ4n) is 4.88. The molecule has 4 aliphatic rings. The number of carbonyl (C=O) groups excluding carboxylic acids is 1. The summed E-state index contributed by atoms with van der Waals surface area (Å²) in [5, 5.41) is 0. The Balaban J connectivity index is 1.73. The molecular formula is C17H30N2O2. The van der Waals surface area contributed by atoms with Crippen molar-refractivity contribution in [1.82, 2.24) is 9.80 Å². The van der Waals surface area contributed by atoms with Crippen LogP contribution in [-0.2, 0) is 9.53 Å². The van der Waals surface area contributed by atoms with E-state index in [1.54, 1.807) is 0 Å². The second-order valence-electron chi connectivity index (χ2n) is 7.33. The monoisotopic (exact) mass is 294 g/mol. The van der Waals surface area contributed by atoms with Crippen LogP contribution in [0.1, 0.15) is 46.5 Å². The van der Waals surface area contributed by atoms with Gasteiger partial charge in [-0.1, -0.05) is 6.92 Å². The Morgan fingerprint density at radius 2 is 2.00 bits per heavy atom. The van der Waals surface area contributed by atoms with E-state index in [9.17, 15) is 4.79 Å². The first-order valence-electron chi connectivity index (χ1n) is 8.77. The summed E-state index contributed by atoms with van der Waals surface area (Å²) in [6.07, 6.45) is 4.47. The molecule has 0 saturated carbocycles. The summed E-state index contributed by atoms with van der Waals surface area (Å²) in [5.74, 6) is 1.67. The minimum atomic E-state index is -0.0144. The molecule has 0 spiro atoms. The lowest BCUT2D eigenvalue weighted by Gasteiger charge is -2.49. The third-order valence-electron chi connectivity index (χ3n) is 5.60. The number of hydrogen-bond acceptors (Lipinski definition) is 4. The summed E-state index contributed by atoms with van der Waals surface area (Å²) >= 11 is 0. The van der Waals surface area contributed by atoms with Crippen molar-refractivity contribution in [2.45, 2.75) is 64.6 Å². The van der Waals surface area contributed by atoms with E-state index in [0.29, 0.717) is 18.5 Å². The highest BCUT2D eigenvalue weighted by atomic mass is 16.5. The Hall–Kier alpha value is -0.610. The summed E-state index contributed by atoms with van der Waals surface area (Å²) in [4.78, 5) is 17.4. The molecule has 0 aliphatic carbocycles. The molecule has 4 saturated heterocycles. The summed E-state index contributed by atoms with van der Waals surface area (Å²) < 4.78 is 5.41. The first-order valence-corrected chi connectivity index (χ1v) is 8.77. The van der Waals surface area contributed by atoms with Crippen molar-refractivity contribution in [3.8, 4) is 0 Å². The molecule has 4 rings (SSSR count). The van der Waals surface area contributed by atoms with Crippen molar-refractivity contribution in [2.75, 3.05) is 26.2 Å². The van der Waals surface area contributed by atoms with Gasteiger partial charge in [-0.2, -0.15) is 0 Å². The van der Waals surface area contributed by atoms with Crippen molar-refractivity contribution in [3.63, 3.8) is 0 Å². The van der Waals surface area contributed by atoms with Gasteiger partial charge in [0.05, 0.1) is 12.5 Å². The zero-order chi connectivity index (χ0) is 15.0. The molecule has 0 N–H and O–H groups in total. The number of nitrogens with zero attached hydrogens (tertiary/aromatic N) is 2. The predicted molar refractivity (Wildman–Crippen MR) is 83.1 cm³/mol. The van der Waals surface area contributed by atoms with Gasteiger partial charge in [0.1, 0.15) is 0 Å². The Morgan fingerprint density at radius 1 is 1.29 bits per heavy atom. The van der Waals surface area contributed by atoms with Gasteiger partial charge in [0.15, 0.2) is 0 Å². The molecule has 4 heteroatoms. The molecule has 0 radical (unpaired) electrons. The first-order chi connectivity index (χ1) is 10.1. The number of rotatable bonds is 5. The molecule has 4 fully saturated rings. The first kappa shape index (κ1) is 15.3. The maximum absolute atomic E-state index is 12.2. The quantitative estimate of drug-likeness (QED) is 0.727. The van der Waals surface area contributed by atoms with E-state index in [1.165, 1.54) is 38.9 Å². The standard InChI is InChI=1S/C17H30N2O2/c1-4-7-19-11-14-13-5-8-18(9-6-13)17(14)15(19)10-16(20)21-12(2)3/h12-15,17H,4-11H2,1-3H3. The van der Waals surface area contributed by atoms with Gasteiger partial charge in [-0.25, -0.2) is 0 Å². The van der Waals surface area contributed by atoms with E-state index in [1.807, 2.05) is 13.8 Å². The minimum Gasteiger partial charge on any atom is -0.463 e. The van der Waals surface area contributed by atoms with Crippen LogP contribution in [0.15, 0.2) is 0 Å². The molecule has 0 aromatic rings. The van der Waals surface area contributed by atoms with Crippen molar-refractivity contribution >= 4 is 5.97 Å². The molecule has 2 bridgehead atoms. The van der Waals surface area contributed by atoms with E-state index in [4.69, 9.17) is 4.74 Å². The molecule has 4 heterocycles. The van der Waals surface area contributed by atoms with Crippen molar-refractivity contribution in [1.29, 1.82) is 0 Å². The lowest BCUT2D eigenvalue weighted by atomic mass is 9.73. The van der Waals surface area contributed by atoms with Gasteiger partial charge in [0, 0.05) is 18.6 Å². The topological polar surface area (TPSA) is 32.8 Å². The summed E-state index contributed by atoms with van der Waals surface area (Å²) in [6.45, 7) is 10.9. The van der Waals surface area contributed by atoms with Crippen LogP contribution >= 0.6 is 0 Å². The predicted octanol–water partition coefficient (Wildman–Crippen LogP) is 2.13. The minimum absolute atomic E-state index is 0.00237. The molecule has 120 valence electrons. The summed E-state index contributed by atoms with van der Waals surface area (Å²) in [6, 6.07) is 0.980. The van der Waals surface area contributed by atoms with Crippen molar-refractivity contribution in [2.24, 2.45) is 11.8 Å². The molecular weight excluding hydrogens is 264 g/mol. The van der Waals surface area contributed by atoms with Gasteiger partial charge in [-0.05, 0) is 64.6 Å². The van der Waals surface area contributed by atoms with Crippen LogP contribution in [0.4, 0.5) is 0 Å². The van der Waals surface area contributed by atoms with E-state index < -0.39 is 0 Å². The second kappa shape index (κ2) is 6.25. The largest absolute Gasteiger partial charge is 0.463 e. The molecule has 21 heavy (non-hydrogen) atoms. The van der Waals surface area contributed by atoms with Gasteiger partial charge in [-0.15, -0.1) is 0 Å². The average molecular weight is 294 g/mol. The van der Waals surface area contributed by atoms with Crippen LogP contribution in [0.25, 0.3) is 0 Å². The smallest absolute Gasteiger partial charge is 0.307 e. The van der Waals surface area contributed by atoms with Crippen molar-refractivity contribution in [3.05, 3.63) is 0 Å². The number of likely N-dealkylation sites (tertiary alicyclic amines) is 1. The molecule has 0 amide bonds. The van der Waals surface area contributed by atoms with Crippen LogP contribution in [0.3, 0.4) is 0 Å². The number of piperidine rings is 3. The Morgan fingerprint density at radius 3 is 2.62 bits per heavy atom. The van der Waals surface area contributed by atoms with Gasteiger partial charge >= 0.3 is 5.97 Å². The van der Waals surface area contributed by atoms with Gasteiger partial charge in [0.2, 0.25) is 0 Å². The van der Waals surface area contributed by atoms with Crippen molar-refractivity contribution < 1.29 is 9.53 Å². The molecule has 4 nitrogen and oxygen atoms in total. The zero-order valence-electron chi connectivity index (χ0n) is 13.8. The van der Waals surface area contributed by atoms with Gasteiger partial charge in [-0.3, -0.25) is 14.6 Å². The number of fused-ring (bicyclic) bond motifs is 2. The van der Waals surface area contributed by atoms with E-state index in [0.717, 1.165) is 18.4 Å². The van der Waals surface area contributed by atoms with Crippen LogP contribution < -0.4 is 0 Å². The molecule has 3 unspecified atom stereocenters. The highest BCUT2D eigenvalue weighted by molar-refractivity contribution is 5.70. The Bertz CT molecular complexity index is 377. The van der Waals surface area contributed by atoms with Crippen LogP contribution in [0.5, 0.6) is 0 Å². The van der Waals surface area contributed by atoms with Crippen LogP contribution in [0.2, 0.25) is 0 Å². The van der Waals surface area contributed by atoms with Gasteiger partial charge in [0.25, 0.3) is 0 Å². The fourth-order valence-corrected chi connectivity index (χ4v) is 4.88. The molecule has 0 aromatic heterocycles. The van der Waals surface area contributed by atoms with E-state index >= 15 is 0 Å². The van der Waals surface area contributed by atoms with E-state index in [2.05, 4.69) is 16.7 Å². The Labute approximate surface area is 128 Å². The maximum atomic E-state index is 12.2. The molecule has 4 aliphatic heterocycles. The zero-order valence-corrected chi connectivity index (χ0v) is 13.8. The molecule has 3 atom stereocenters. The van der Waals surface area contributed by atoms with Gasteiger partial charge < -0.3 is 4.74 Å². The normalized spacial score (nSPS) is 38.8.